The maximum absolute atomic E-state index is 11.9. The molecule has 6 nitrogen and oxygen atoms in total. The first-order chi connectivity index (χ1) is 9.01. The van der Waals surface area contributed by atoms with Gasteiger partial charge in [-0.1, -0.05) is 0 Å². The molecule has 1 N–H and O–H groups in total. The van der Waals surface area contributed by atoms with Gasteiger partial charge in [-0.25, -0.2) is 9.69 Å². The summed E-state index contributed by atoms with van der Waals surface area (Å²) in [6, 6.07) is 1.19. The van der Waals surface area contributed by atoms with Crippen molar-refractivity contribution in [1.82, 2.24) is 10.2 Å². The molecule has 8 heteroatoms. The molecule has 0 aromatic carbocycles. The molecule has 2 heterocycles. The van der Waals surface area contributed by atoms with Crippen molar-refractivity contribution < 1.29 is 19.1 Å². The van der Waals surface area contributed by atoms with Crippen molar-refractivity contribution >= 4 is 51.3 Å². The Morgan fingerprint density at radius 2 is 2.32 bits per heavy atom. The number of thiophene rings is 1. The standard InChI is InChI=1S/C11H9BrN2O4S/c1-18-9(15)4-14-10(16)8(13-11(14)17)3-7-2-6(12)5-19-7/h2-3,5H,4H2,1H3,(H,13,17). The summed E-state index contributed by atoms with van der Waals surface area (Å²) < 4.78 is 5.33. The summed E-state index contributed by atoms with van der Waals surface area (Å²) >= 11 is 4.72. The van der Waals surface area contributed by atoms with Crippen molar-refractivity contribution in [3.8, 4) is 0 Å². The third-order valence-electron chi connectivity index (χ3n) is 2.35. The number of rotatable bonds is 3. The number of esters is 1. The number of hydrogen-bond acceptors (Lipinski definition) is 5. The first-order valence-electron chi connectivity index (χ1n) is 5.16. The SMILES string of the molecule is COC(=O)CN1C(=O)NC(=Cc2cc(Br)cs2)C1=O. The Labute approximate surface area is 121 Å². The predicted molar refractivity (Wildman–Crippen MR) is 72.3 cm³/mol. The fraction of sp³-hybridized carbons (Fsp3) is 0.182. The molecule has 3 amide bonds. The molecule has 0 aliphatic carbocycles. The molecule has 0 atom stereocenters. The van der Waals surface area contributed by atoms with Crippen LogP contribution in [0.5, 0.6) is 0 Å². The highest BCUT2D eigenvalue weighted by Crippen LogP contribution is 2.23. The fourth-order valence-electron chi connectivity index (χ4n) is 1.46. The molecule has 0 unspecified atom stereocenters. The summed E-state index contributed by atoms with van der Waals surface area (Å²) in [5.41, 5.74) is 0.142. The van der Waals surface area contributed by atoms with E-state index in [2.05, 4.69) is 26.0 Å². The van der Waals surface area contributed by atoms with Crippen molar-refractivity contribution in [2.45, 2.75) is 0 Å². The lowest BCUT2D eigenvalue weighted by Gasteiger charge is -2.08. The van der Waals surface area contributed by atoms with E-state index in [1.807, 2.05) is 11.4 Å². The minimum atomic E-state index is -0.649. The van der Waals surface area contributed by atoms with Crippen LogP contribution >= 0.6 is 27.3 Å². The largest absolute Gasteiger partial charge is 0.468 e. The summed E-state index contributed by atoms with van der Waals surface area (Å²) in [6.07, 6.45) is 1.56. The van der Waals surface area contributed by atoms with Crippen LogP contribution in [0.15, 0.2) is 21.6 Å². The molecule has 100 valence electrons. The molecule has 0 saturated carbocycles. The summed E-state index contributed by atoms with van der Waals surface area (Å²) in [5.74, 6) is -1.19. The van der Waals surface area contributed by atoms with Gasteiger partial charge in [0.25, 0.3) is 5.91 Å². The molecule has 1 aromatic rings. The number of nitrogens with one attached hydrogen (secondary N) is 1. The van der Waals surface area contributed by atoms with Crippen molar-refractivity contribution in [3.63, 3.8) is 0 Å². The minimum absolute atomic E-state index is 0.142. The summed E-state index contributed by atoms with van der Waals surface area (Å²) in [7, 11) is 1.20. The van der Waals surface area contributed by atoms with Crippen LogP contribution in [0.4, 0.5) is 4.79 Å². The number of amides is 3. The Kier molecular flexibility index (Phi) is 4.01. The number of methoxy groups -OCH3 is 1. The smallest absolute Gasteiger partial charge is 0.329 e. The van der Waals surface area contributed by atoms with E-state index in [0.29, 0.717) is 0 Å². The van der Waals surface area contributed by atoms with E-state index in [0.717, 1.165) is 14.2 Å². The lowest BCUT2D eigenvalue weighted by Crippen LogP contribution is -2.36. The highest BCUT2D eigenvalue weighted by Gasteiger charge is 2.35. The number of ether oxygens (including phenoxy) is 1. The van der Waals surface area contributed by atoms with Crippen LogP contribution in [0.1, 0.15) is 4.88 Å². The topological polar surface area (TPSA) is 75.7 Å². The predicted octanol–water partition coefficient (Wildman–Crippen LogP) is 1.58. The number of hydrogen-bond donors (Lipinski definition) is 1. The Hall–Kier alpha value is -1.67. The number of nitrogens with zero attached hydrogens (tertiary/aromatic N) is 1. The normalized spacial score (nSPS) is 16.9. The van der Waals surface area contributed by atoms with E-state index in [4.69, 9.17) is 0 Å². The van der Waals surface area contributed by atoms with Gasteiger partial charge < -0.3 is 10.1 Å². The second kappa shape index (κ2) is 5.54. The van der Waals surface area contributed by atoms with Crippen LogP contribution in [0.2, 0.25) is 0 Å². The third-order valence-corrected chi connectivity index (χ3v) is 3.99. The fourth-order valence-corrected chi connectivity index (χ4v) is 2.83. The molecule has 0 bridgehead atoms. The van der Waals surface area contributed by atoms with Crippen LogP contribution in [-0.4, -0.2) is 36.5 Å². The van der Waals surface area contributed by atoms with E-state index in [1.54, 1.807) is 6.08 Å². The van der Waals surface area contributed by atoms with Crippen molar-refractivity contribution in [2.24, 2.45) is 0 Å². The van der Waals surface area contributed by atoms with Gasteiger partial charge in [-0.05, 0) is 28.1 Å². The summed E-state index contributed by atoms with van der Waals surface area (Å²) in [6.45, 7) is -0.396. The number of halogens is 1. The van der Waals surface area contributed by atoms with Gasteiger partial charge in [0.2, 0.25) is 0 Å². The second-order valence-corrected chi connectivity index (χ2v) is 5.48. The number of carbonyl (C=O) groups excluding carboxylic acids is 3. The van der Waals surface area contributed by atoms with Gasteiger partial charge in [0.15, 0.2) is 0 Å². The maximum atomic E-state index is 11.9. The number of urea groups is 1. The maximum Gasteiger partial charge on any atom is 0.329 e. The highest BCUT2D eigenvalue weighted by atomic mass is 79.9. The molecule has 2 rings (SSSR count). The van der Waals surface area contributed by atoms with Crippen LogP contribution in [0, 0.1) is 0 Å². The van der Waals surface area contributed by atoms with Gasteiger partial charge in [0.05, 0.1) is 7.11 Å². The molecular weight excluding hydrogens is 336 g/mol. The van der Waals surface area contributed by atoms with Crippen LogP contribution in [0.3, 0.4) is 0 Å². The summed E-state index contributed by atoms with van der Waals surface area (Å²) in [4.78, 5) is 36.2. The summed E-state index contributed by atoms with van der Waals surface area (Å²) in [5, 5.41) is 4.28. The molecule has 19 heavy (non-hydrogen) atoms. The average molecular weight is 345 g/mol. The molecule has 1 saturated heterocycles. The highest BCUT2D eigenvalue weighted by molar-refractivity contribution is 9.10. The second-order valence-electron chi connectivity index (χ2n) is 3.62. The quantitative estimate of drug-likeness (QED) is 0.513. The average Bonchev–Trinajstić information content (AvgIpc) is 2.88. The lowest BCUT2D eigenvalue weighted by atomic mass is 10.3. The molecule has 0 radical (unpaired) electrons. The molecule has 1 aliphatic rings. The lowest BCUT2D eigenvalue weighted by molar-refractivity contribution is -0.143. The van der Waals surface area contributed by atoms with Crippen LogP contribution < -0.4 is 5.32 Å². The molecule has 1 aromatic heterocycles. The zero-order valence-corrected chi connectivity index (χ0v) is 12.2. The van der Waals surface area contributed by atoms with Crippen molar-refractivity contribution in [2.75, 3.05) is 13.7 Å². The van der Waals surface area contributed by atoms with E-state index >= 15 is 0 Å². The van der Waals surface area contributed by atoms with E-state index in [9.17, 15) is 14.4 Å². The molecule has 1 fully saturated rings. The van der Waals surface area contributed by atoms with Crippen LogP contribution in [0.25, 0.3) is 6.08 Å². The first-order valence-corrected chi connectivity index (χ1v) is 6.84. The van der Waals surface area contributed by atoms with E-state index in [1.165, 1.54) is 18.4 Å². The molecule has 0 spiro atoms. The van der Waals surface area contributed by atoms with Gasteiger partial charge in [-0.2, -0.15) is 0 Å². The van der Waals surface area contributed by atoms with Crippen molar-refractivity contribution in [3.05, 3.63) is 26.5 Å². The Morgan fingerprint density at radius 1 is 1.58 bits per heavy atom. The van der Waals surface area contributed by atoms with E-state index < -0.39 is 24.5 Å². The number of carbonyl (C=O) groups is 3. The molecule has 1 aliphatic heterocycles. The monoisotopic (exact) mass is 344 g/mol. The van der Waals surface area contributed by atoms with Crippen LogP contribution in [-0.2, 0) is 14.3 Å². The van der Waals surface area contributed by atoms with Gasteiger partial charge in [-0.15, -0.1) is 11.3 Å². The van der Waals surface area contributed by atoms with Crippen molar-refractivity contribution in [1.29, 1.82) is 0 Å². The van der Waals surface area contributed by atoms with Gasteiger partial charge >= 0.3 is 12.0 Å². The van der Waals surface area contributed by atoms with Gasteiger partial charge in [0.1, 0.15) is 12.2 Å². The zero-order valence-electron chi connectivity index (χ0n) is 9.81. The Morgan fingerprint density at radius 3 is 2.89 bits per heavy atom. The third kappa shape index (κ3) is 3.02. The Balaban J connectivity index is 2.18. The Bertz CT molecular complexity index is 581. The van der Waals surface area contributed by atoms with Gasteiger partial charge in [-0.3, -0.25) is 9.59 Å². The zero-order chi connectivity index (χ0) is 14.0. The molecular formula is C11H9BrN2O4S. The minimum Gasteiger partial charge on any atom is -0.468 e. The number of imide groups is 1. The van der Waals surface area contributed by atoms with Gasteiger partial charge in [0, 0.05) is 14.7 Å². The van der Waals surface area contributed by atoms with E-state index in [-0.39, 0.29) is 5.70 Å². The first kappa shape index (κ1) is 13.8.